The Hall–Kier alpha value is -2.64. The highest BCUT2D eigenvalue weighted by molar-refractivity contribution is 5.97. The van der Waals surface area contributed by atoms with Gasteiger partial charge in [0.1, 0.15) is 11.8 Å². The summed E-state index contributed by atoms with van der Waals surface area (Å²) in [5, 5.41) is 22.5. The van der Waals surface area contributed by atoms with Gasteiger partial charge in [0.2, 0.25) is 0 Å². The Morgan fingerprint density at radius 2 is 1.95 bits per heavy atom. The minimum Gasteiger partial charge on any atom is -0.496 e. The number of rotatable bonds is 6. The molecule has 1 aromatic rings. The van der Waals surface area contributed by atoms with Crippen molar-refractivity contribution in [1.82, 2.24) is 5.32 Å². The zero-order chi connectivity index (χ0) is 17.0. The van der Waals surface area contributed by atoms with E-state index in [0.717, 1.165) is 6.07 Å². The van der Waals surface area contributed by atoms with Crippen LogP contribution in [0.15, 0.2) is 12.1 Å². The number of nitrogens with one attached hydrogen (secondary N) is 1. The summed E-state index contributed by atoms with van der Waals surface area (Å²) in [7, 11) is 1.34. The average Bonchev–Trinajstić information content (AvgIpc) is 2.43. The van der Waals surface area contributed by atoms with Crippen molar-refractivity contribution >= 4 is 17.6 Å². The summed E-state index contributed by atoms with van der Waals surface area (Å²) < 4.78 is 5.03. The number of carbonyl (C=O) groups excluding carboxylic acids is 1. The Bertz CT molecular complexity index is 612. The molecule has 120 valence electrons. The third-order valence-corrected chi connectivity index (χ3v) is 3.23. The molecular formula is C14H18N2O6. The lowest BCUT2D eigenvalue weighted by Gasteiger charge is -2.18. The summed E-state index contributed by atoms with van der Waals surface area (Å²) in [4.78, 5) is 33.7. The van der Waals surface area contributed by atoms with Crippen molar-refractivity contribution in [3.05, 3.63) is 33.4 Å². The van der Waals surface area contributed by atoms with Gasteiger partial charge >= 0.3 is 5.97 Å². The van der Waals surface area contributed by atoms with Crippen LogP contribution in [0.5, 0.6) is 5.75 Å². The molecule has 0 heterocycles. The number of aliphatic carboxylic acids is 1. The van der Waals surface area contributed by atoms with Crippen molar-refractivity contribution in [2.75, 3.05) is 7.11 Å². The van der Waals surface area contributed by atoms with Crippen LogP contribution in [0.2, 0.25) is 0 Å². The smallest absolute Gasteiger partial charge is 0.326 e. The van der Waals surface area contributed by atoms with E-state index in [0.29, 0.717) is 5.56 Å². The maximum atomic E-state index is 12.2. The third-order valence-electron chi connectivity index (χ3n) is 3.23. The van der Waals surface area contributed by atoms with Crippen LogP contribution in [0.1, 0.15) is 29.8 Å². The summed E-state index contributed by atoms with van der Waals surface area (Å²) in [6.45, 7) is 4.81. The van der Waals surface area contributed by atoms with Crippen molar-refractivity contribution in [2.24, 2.45) is 5.92 Å². The molecule has 0 aromatic heterocycles. The van der Waals surface area contributed by atoms with E-state index in [-0.39, 0.29) is 22.9 Å². The van der Waals surface area contributed by atoms with E-state index in [2.05, 4.69) is 5.32 Å². The molecule has 0 aliphatic heterocycles. The molecule has 0 bridgehead atoms. The lowest BCUT2D eigenvalue weighted by Crippen LogP contribution is -2.44. The van der Waals surface area contributed by atoms with Gasteiger partial charge in [0.05, 0.1) is 17.6 Å². The van der Waals surface area contributed by atoms with Gasteiger partial charge in [-0.25, -0.2) is 4.79 Å². The van der Waals surface area contributed by atoms with Gasteiger partial charge in [-0.3, -0.25) is 14.9 Å². The van der Waals surface area contributed by atoms with Crippen LogP contribution < -0.4 is 10.1 Å². The number of ether oxygens (including phenoxy) is 1. The van der Waals surface area contributed by atoms with Crippen molar-refractivity contribution in [3.8, 4) is 5.75 Å². The lowest BCUT2D eigenvalue weighted by atomic mass is 10.0. The summed E-state index contributed by atoms with van der Waals surface area (Å²) in [5.74, 6) is -2.01. The molecule has 8 nitrogen and oxygen atoms in total. The summed E-state index contributed by atoms with van der Waals surface area (Å²) >= 11 is 0. The fourth-order valence-electron chi connectivity index (χ4n) is 1.94. The SMILES string of the molecule is COc1cc(C(=O)NC(C(=O)O)C(C)C)cc([N+](=O)[O-])c1C. The van der Waals surface area contributed by atoms with E-state index in [9.17, 15) is 19.7 Å². The van der Waals surface area contributed by atoms with Gasteiger partial charge in [-0.05, 0) is 18.9 Å². The monoisotopic (exact) mass is 310 g/mol. The topological polar surface area (TPSA) is 119 Å². The first kappa shape index (κ1) is 17.4. The van der Waals surface area contributed by atoms with Gasteiger partial charge in [0.25, 0.3) is 11.6 Å². The zero-order valence-corrected chi connectivity index (χ0v) is 12.7. The molecule has 1 atom stereocenters. The molecule has 1 rings (SSSR count). The number of nitrogens with zero attached hydrogens (tertiary/aromatic N) is 1. The van der Waals surface area contributed by atoms with E-state index >= 15 is 0 Å². The fraction of sp³-hybridized carbons (Fsp3) is 0.429. The van der Waals surface area contributed by atoms with Crippen LogP contribution in [0.4, 0.5) is 5.69 Å². The van der Waals surface area contributed by atoms with Crippen LogP contribution in [0, 0.1) is 23.0 Å². The van der Waals surface area contributed by atoms with Crippen molar-refractivity contribution in [3.63, 3.8) is 0 Å². The number of hydrogen-bond acceptors (Lipinski definition) is 5. The second kappa shape index (κ2) is 6.88. The molecular weight excluding hydrogens is 292 g/mol. The first-order chi connectivity index (χ1) is 10.2. The quantitative estimate of drug-likeness (QED) is 0.610. The van der Waals surface area contributed by atoms with Crippen LogP contribution >= 0.6 is 0 Å². The molecule has 0 saturated heterocycles. The van der Waals surface area contributed by atoms with Gasteiger partial charge in [0.15, 0.2) is 0 Å². The maximum Gasteiger partial charge on any atom is 0.326 e. The number of carboxylic acid groups (broad SMARTS) is 1. The van der Waals surface area contributed by atoms with Crippen molar-refractivity contribution in [1.29, 1.82) is 0 Å². The second-order valence-corrected chi connectivity index (χ2v) is 5.11. The third kappa shape index (κ3) is 3.72. The molecule has 0 radical (unpaired) electrons. The molecule has 0 aliphatic rings. The Balaban J connectivity index is 3.20. The van der Waals surface area contributed by atoms with Crippen LogP contribution in [-0.4, -0.2) is 35.1 Å². The lowest BCUT2D eigenvalue weighted by molar-refractivity contribution is -0.385. The number of amides is 1. The normalized spacial score (nSPS) is 11.9. The van der Waals surface area contributed by atoms with Crippen LogP contribution in [-0.2, 0) is 4.79 Å². The molecule has 0 fully saturated rings. The number of carboxylic acids is 1. The minimum atomic E-state index is -1.17. The van der Waals surface area contributed by atoms with Gasteiger partial charge in [0, 0.05) is 11.6 Å². The number of methoxy groups -OCH3 is 1. The van der Waals surface area contributed by atoms with Crippen molar-refractivity contribution < 1.29 is 24.4 Å². The van der Waals surface area contributed by atoms with Crippen molar-refractivity contribution in [2.45, 2.75) is 26.8 Å². The molecule has 8 heteroatoms. The maximum absolute atomic E-state index is 12.2. The predicted octanol–water partition coefficient (Wildman–Crippen LogP) is 1.75. The number of benzene rings is 1. The van der Waals surface area contributed by atoms with Gasteiger partial charge in [-0.15, -0.1) is 0 Å². The number of carbonyl (C=O) groups is 2. The summed E-state index contributed by atoms with van der Waals surface area (Å²) in [6.07, 6.45) is 0. The number of hydrogen-bond donors (Lipinski definition) is 2. The first-order valence-corrected chi connectivity index (χ1v) is 6.55. The van der Waals surface area contributed by atoms with Crippen LogP contribution in [0.25, 0.3) is 0 Å². The molecule has 0 saturated carbocycles. The fourth-order valence-corrected chi connectivity index (χ4v) is 1.94. The molecule has 0 aliphatic carbocycles. The summed E-state index contributed by atoms with van der Waals surface area (Å²) in [6, 6.07) is 1.36. The molecule has 1 aromatic carbocycles. The Labute approximate surface area is 127 Å². The average molecular weight is 310 g/mol. The molecule has 1 amide bonds. The van der Waals surface area contributed by atoms with E-state index in [1.807, 2.05) is 0 Å². The van der Waals surface area contributed by atoms with E-state index in [4.69, 9.17) is 9.84 Å². The van der Waals surface area contributed by atoms with E-state index < -0.39 is 22.8 Å². The number of nitro groups is 1. The van der Waals surface area contributed by atoms with E-state index in [1.165, 1.54) is 20.1 Å². The highest BCUT2D eigenvalue weighted by Crippen LogP contribution is 2.29. The summed E-state index contributed by atoms with van der Waals surface area (Å²) in [5.41, 5.74) is 0.00432. The second-order valence-electron chi connectivity index (χ2n) is 5.11. The molecule has 0 spiro atoms. The largest absolute Gasteiger partial charge is 0.496 e. The van der Waals surface area contributed by atoms with Gasteiger partial charge < -0.3 is 15.2 Å². The highest BCUT2D eigenvalue weighted by atomic mass is 16.6. The first-order valence-electron chi connectivity index (χ1n) is 6.55. The molecule has 1 unspecified atom stereocenters. The number of nitro benzene ring substituents is 1. The molecule has 2 N–H and O–H groups in total. The Morgan fingerprint density at radius 3 is 2.36 bits per heavy atom. The Kier molecular flexibility index (Phi) is 5.44. The van der Waals surface area contributed by atoms with E-state index in [1.54, 1.807) is 13.8 Å². The highest BCUT2D eigenvalue weighted by Gasteiger charge is 2.26. The van der Waals surface area contributed by atoms with Gasteiger partial charge in [-0.2, -0.15) is 0 Å². The standard InChI is InChI=1S/C14H18N2O6/c1-7(2)12(14(18)19)15-13(17)9-5-10(16(20)21)8(3)11(6-9)22-4/h5-7,12H,1-4H3,(H,15,17)(H,18,19). The Morgan fingerprint density at radius 1 is 1.36 bits per heavy atom. The zero-order valence-electron chi connectivity index (χ0n) is 12.7. The minimum absolute atomic E-state index is 0.0268. The van der Waals surface area contributed by atoms with Crippen LogP contribution in [0.3, 0.4) is 0 Å². The predicted molar refractivity (Wildman–Crippen MR) is 78.1 cm³/mol. The van der Waals surface area contributed by atoms with Gasteiger partial charge in [-0.1, -0.05) is 13.8 Å². The molecule has 22 heavy (non-hydrogen) atoms.